The van der Waals surface area contributed by atoms with Crippen LogP contribution in [0.2, 0.25) is 5.02 Å². The Hall–Kier alpha value is -1.83. The molecule has 0 spiro atoms. The first-order chi connectivity index (χ1) is 16.0. The van der Waals surface area contributed by atoms with E-state index >= 15 is 0 Å². The Morgan fingerprint density at radius 3 is 1.94 bits per heavy atom. The Bertz CT molecular complexity index is 703. The Labute approximate surface area is 205 Å². The number of carbonyl (C=O) groups excluding carboxylic acids is 2. The Morgan fingerprint density at radius 1 is 0.879 bits per heavy atom. The summed E-state index contributed by atoms with van der Waals surface area (Å²) in [6.45, 7) is 19.5. The second-order valence-corrected chi connectivity index (χ2v) is 8.01. The molecule has 7 nitrogen and oxygen atoms in total. The van der Waals surface area contributed by atoms with Crippen LogP contribution in [0.5, 0.6) is 5.75 Å². The molecule has 188 valence electrons. The van der Waals surface area contributed by atoms with Gasteiger partial charge in [-0.1, -0.05) is 58.4 Å². The van der Waals surface area contributed by atoms with Gasteiger partial charge in [-0.15, -0.1) is 0 Å². The van der Waals surface area contributed by atoms with E-state index < -0.39 is 6.10 Å². The van der Waals surface area contributed by atoms with Gasteiger partial charge in [0.05, 0.1) is 11.6 Å². The minimum absolute atomic E-state index is 0.0495. The number of carbonyl (C=O) groups is 2. The SMILES string of the molecule is CC.CC.CCN1CCN(C(=O)CN2CCN(C(=O)C(C)Oc3ccccc3Cl)CC2)CC1. The van der Waals surface area contributed by atoms with E-state index in [-0.39, 0.29) is 11.8 Å². The molecular formula is C25H43ClN4O3. The summed E-state index contributed by atoms with van der Waals surface area (Å²) in [6.07, 6.45) is -0.599. The first-order valence-corrected chi connectivity index (χ1v) is 12.8. The average Bonchev–Trinajstić information content (AvgIpc) is 2.88. The fraction of sp³-hybridized carbons (Fsp3) is 0.680. The molecule has 0 radical (unpaired) electrons. The van der Waals surface area contributed by atoms with Crippen molar-refractivity contribution in [3.63, 3.8) is 0 Å². The largest absolute Gasteiger partial charge is 0.479 e. The van der Waals surface area contributed by atoms with Gasteiger partial charge >= 0.3 is 0 Å². The first-order valence-electron chi connectivity index (χ1n) is 12.4. The van der Waals surface area contributed by atoms with Crippen molar-refractivity contribution in [3.05, 3.63) is 29.3 Å². The number of para-hydroxylation sites is 1. The highest BCUT2D eigenvalue weighted by Gasteiger charge is 2.28. The topological polar surface area (TPSA) is 56.3 Å². The number of amides is 2. The maximum absolute atomic E-state index is 12.7. The fourth-order valence-electron chi connectivity index (χ4n) is 3.77. The molecule has 0 N–H and O–H groups in total. The first kappa shape index (κ1) is 29.2. The van der Waals surface area contributed by atoms with Gasteiger partial charge in [0.25, 0.3) is 5.91 Å². The Balaban J connectivity index is 0.00000129. The molecule has 3 rings (SSSR count). The molecule has 0 aromatic heterocycles. The number of benzene rings is 1. The highest BCUT2D eigenvalue weighted by atomic mass is 35.5. The lowest BCUT2D eigenvalue weighted by molar-refractivity contribution is -0.140. The van der Waals surface area contributed by atoms with Gasteiger partial charge in [0.1, 0.15) is 5.75 Å². The molecule has 1 aromatic carbocycles. The van der Waals surface area contributed by atoms with Crippen LogP contribution in [-0.4, -0.2) is 103 Å². The van der Waals surface area contributed by atoms with Crippen LogP contribution in [0, 0.1) is 0 Å². The monoisotopic (exact) mass is 482 g/mol. The highest BCUT2D eigenvalue weighted by Crippen LogP contribution is 2.24. The van der Waals surface area contributed by atoms with E-state index in [9.17, 15) is 9.59 Å². The molecule has 2 heterocycles. The molecule has 0 aliphatic carbocycles. The quantitative estimate of drug-likeness (QED) is 0.621. The van der Waals surface area contributed by atoms with E-state index in [0.717, 1.165) is 32.7 Å². The number of halogens is 1. The van der Waals surface area contributed by atoms with Crippen LogP contribution in [-0.2, 0) is 9.59 Å². The van der Waals surface area contributed by atoms with Crippen molar-refractivity contribution in [2.45, 2.75) is 47.6 Å². The summed E-state index contributed by atoms with van der Waals surface area (Å²) in [5.74, 6) is 0.657. The van der Waals surface area contributed by atoms with Crippen molar-refractivity contribution in [1.82, 2.24) is 19.6 Å². The lowest BCUT2D eigenvalue weighted by Gasteiger charge is -2.38. The van der Waals surface area contributed by atoms with Gasteiger partial charge in [0.2, 0.25) is 5.91 Å². The predicted molar refractivity (Wildman–Crippen MR) is 136 cm³/mol. The van der Waals surface area contributed by atoms with Gasteiger partial charge in [-0.3, -0.25) is 14.5 Å². The van der Waals surface area contributed by atoms with Crippen LogP contribution >= 0.6 is 11.6 Å². The molecule has 33 heavy (non-hydrogen) atoms. The Kier molecular flexibility index (Phi) is 14.1. The second kappa shape index (κ2) is 15.9. The summed E-state index contributed by atoms with van der Waals surface area (Å²) in [6, 6.07) is 7.16. The highest BCUT2D eigenvalue weighted by molar-refractivity contribution is 6.32. The summed E-state index contributed by atoms with van der Waals surface area (Å²) < 4.78 is 5.75. The van der Waals surface area contributed by atoms with Crippen LogP contribution < -0.4 is 4.74 Å². The third-order valence-electron chi connectivity index (χ3n) is 5.70. The van der Waals surface area contributed by atoms with Gasteiger partial charge in [0, 0.05) is 52.4 Å². The second-order valence-electron chi connectivity index (χ2n) is 7.61. The number of hydrogen-bond donors (Lipinski definition) is 0. The molecule has 1 unspecified atom stereocenters. The average molecular weight is 483 g/mol. The van der Waals surface area contributed by atoms with Crippen LogP contribution in [0.3, 0.4) is 0 Å². The number of rotatable bonds is 6. The maximum atomic E-state index is 12.7. The summed E-state index contributed by atoms with van der Waals surface area (Å²) in [5.41, 5.74) is 0. The van der Waals surface area contributed by atoms with E-state index in [2.05, 4.69) is 16.7 Å². The van der Waals surface area contributed by atoms with Gasteiger partial charge < -0.3 is 19.4 Å². The predicted octanol–water partition coefficient (Wildman–Crippen LogP) is 3.47. The fourth-order valence-corrected chi connectivity index (χ4v) is 3.95. The van der Waals surface area contributed by atoms with E-state index in [4.69, 9.17) is 16.3 Å². The number of hydrogen-bond acceptors (Lipinski definition) is 5. The molecule has 2 saturated heterocycles. The summed E-state index contributed by atoms with van der Waals surface area (Å²) in [5, 5.41) is 0.496. The maximum Gasteiger partial charge on any atom is 0.263 e. The number of piperazine rings is 2. The third-order valence-corrected chi connectivity index (χ3v) is 6.02. The van der Waals surface area contributed by atoms with Crippen molar-refractivity contribution >= 4 is 23.4 Å². The zero-order chi connectivity index (χ0) is 24.8. The lowest BCUT2D eigenvalue weighted by Crippen LogP contribution is -2.55. The normalized spacial score (nSPS) is 17.8. The molecule has 0 bridgehead atoms. The molecule has 2 aliphatic rings. The van der Waals surface area contributed by atoms with E-state index in [0.29, 0.717) is 43.5 Å². The van der Waals surface area contributed by atoms with Crippen molar-refractivity contribution in [1.29, 1.82) is 0 Å². The van der Waals surface area contributed by atoms with Crippen molar-refractivity contribution < 1.29 is 14.3 Å². The zero-order valence-electron chi connectivity index (χ0n) is 21.3. The Morgan fingerprint density at radius 2 is 1.39 bits per heavy atom. The van der Waals surface area contributed by atoms with Gasteiger partial charge in [-0.25, -0.2) is 0 Å². The zero-order valence-corrected chi connectivity index (χ0v) is 22.1. The number of nitrogens with zero attached hydrogens (tertiary/aromatic N) is 4. The van der Waals surface area contributed by atoms with Gasteiger partial charge in [0.15, 0.2) is 6.10 Å². The molecule has 2 fully saturated rings. The van der Waals surface area contributed by atoms with E-state index in [1.807, 2.05) is 49.6 Å². The number of likely N-dealkylation sites (N-methyl/N-ethyl adjacent to an activating group) is 1. The molecule has 2 amide bonds. The van der Waals surface area contributed by atoms with Crippen LogP contribution in [0.4, 0.5) is 0 Å². The van der Waals surface area contributed by atoms with Gasteiger partial charge in [-0.05, 0) is 25.6 Å². The van der Waals surface area contributed by atoms with Crippen LogP contribution in [0.15, 0.2) is 24.3 Å². The molecular weight excluding hydrogens is 440 g/mol. The van der Waals surface area contributed by atoms with Crippen molar-refractivity contribution in [3.8, 4) is 5.75 Å². The van der Waals surface area contributed by atoms with Crippen molar-refractivity contribution in [2.75, 3.05) is 65.4 Å². The summed E-state index contributed by atoms with van der Waals surface area (Å²) in [7, 11) is 0. The molecule has 8 heteroatoms. The smallest absolute Gasteiger partial charge is 0.263 e. The minimum Gasteiger partial charge on any atom is -0.479 e. The van der Waals surface area contributed by atoms with Gasteiger partial charge in [-0.2, -0.15) is 0 Å². The molecule has 2 aliphatic heterocycles. The van der Waals surface area contributed by atoms with E-state index in [1.54, 1.807) is 19.1 Å². The van der Waals surface area contributed by atoms with Crippen LogP contribution in [0.25, 0.3) is 0 Å². The summed E-state index contributed by atoms with van der Waals surface area (Å²) in [4.78, 5) is 33.5. The summed E-state index contributed by atoms with van der Waals surface area (Å²) >= 11 is 6.11. The lowest BCUT2D eigenvalue weighted by atomic mass is 10.2. The van der Waals surface area contributed by atoms with Crippen LogP contribution in [0.1, 0.15) is 41.5 Å². The molecule has 1 atom stereocenters. The standard InChI is InChI=1S/C21H31ClN4O3.2C2H6/c1-3-23-8-12-25(13-9-23)20(27)16-24-10-14-26(15-11-24)21(28)17(2)29-19-7-5-4-6-18(19)22;2*1-2/h4-7,17H,3,8-16H2,1-2H3;2*1-2H3. The van der Waals surface area contributed by atoms with Crippen molar-refractivity contribution in [2.24, 2.45) is 0 Å². The minimum atomic E-state index is -0.599. The van der Waals surface area contributed by atoms with E-state index in [1.165, 1.54) is 0 Å². The number of ether oxygens (including phenoxy) is 1. The molecule has 0 saturated carbocycles. The molecule has 1 aromatic rings. The third kappa shape index (κ3) is 9.14.